The molecule has 0 saturated heterocycles. The third-order valence-electron chi connectivity index (χ3n) is 6.35. The van der Waals surface area contributed by atoms with Crippen LogP contribution in [0.15, 0.2) is 97.3 Å². The molecule has 18 heteroatoms. The Morgan fingerprint density at radius 2 is 0.959 bits per heavy atom. The Kier molecular flexibility index (Phi) is 15.9. The number of aromatic amines is 3. The first-order valence-corrected chi connectivity index (χ1v) is 15.1. The van der Waals surface area contributed by atoms with Gasteiger partial charge in [0.25, 0.3) is 0 Å². The Morgan fingerprint density at radius 1 is 0.653 bits per heavy atom. The number of imidazole rings is 3. The standard InChI is InChI=1S/C24H21N7.C6H5NO2.CH4O.ClHO4.Ni.H2O/c1-2-8-17-16(7-1)25-22(26-17)13-31(14-23-27-18-9-3-4-10-19(18)28-23)15-24-29-20-11-5-6-12-21(20)30-24;8-6(9)5-1-3-7-4-2-5;1-2;2-1(3,4)5;;/h1-12H,13-15H2,(H,25,26)(H,27,28)(H,29,30);1-4H,(H,8,9);2H,1H3;(H,2,3,4,5);;1H2/q;;;;+3;/p-2. The van der Waals surface area contributed by atoms with Crippen molar-refractivity contribution in [3.05, 3.63) is 120 Å². The minimum Gasteiger partial charge on any atom is -0.545 e. The predicted molar refractivity (Wildman–Crippen MR) is 162 cm³/mol. The van der Waals surface area contributed by atoms with Gasteiger partial charge in [-0.1, -0.05) is 36.4 Å². The van der Waals surface area contributed by atoms with Crippen molar-refractivity contribution in [3.63, 3.8) is 0 Å². The molecule has 4 heterocycles. The summed E-state index contributed by atoms with van der Waals surface area (Å²) in [6.45, 7) is 1.97. The second-order valence-electron chi connectivity index (χ2n) is 9.65. The molecule has 0 bridgehead atoms. The number of aliphatic hydroxyl groups is 1. The van der Waals surface area contributed by atoms with Crippen LogP contribution < -0.4 is 23.7 Å². The number of rotatable bonds is 7. The molecule has 6 N–H and O–H groups in total. The zero-order valence-corrected chi connectivity index (χ0v) is 27.4. The smallest absolute Gasteiger partial charge is 0.545 e. The maximum absolute atomic E-state index is 10.1. The summed E-state index contributed by atoms with van der Waals surface area (Å²) in [5.41, 5.74) is 6.23. The number of hydrogen-bond acceptors (Lipinski definition) is 12. The van der Waals surface area contributed by atoms with Crippen LogP contribution in [0.25, 0.3) is 33.1 Å². The van der Waals surface area contributed by atoms with Crippen LogP contribution in [0.3, 0.4) is 0 Å². The van der Waals surface area contributed by atoms with Gasteiger partial charge in [-0.15, -0.1) is 10.2 Å². The van der Waals surface area contributed by atoms with Gasteiger partial charge in [-0.05, 0) is 48.5 Å². The van der Waals surface area contributed by atoms with Crippen LogP contribution >= 0.6 is 0 Å². The van der Waals surface area contributed by atoms with E-state index in [4.69, 9.17) is 38.7 Å². The van der Waals surface area contributed by atoms with Crippen LogP contribution in [0, 0.1) is 10.2 Å². The molecular weight excluding hydrogens is 707 g/mol. The number of carbonyl (C=O) groups excluding carboxylic acids is 1. The van der Waals surface area contributed by atoms with Gasteiger partial charge in [-0.25, -0.2) is 33.6 Å². The average Bonchev–Trinajstić information content (AvgIpc) is 3.77. The summed E-state index contributed by atoms with van der Waals surface area (Å²) in [5.74, 6) is 1.60. The summed E-state index contributed by atoms with van der Waals surface area (Å²) in [6, 6.07) is 27.1. The van der Waals surface area contributed by atoms with Gasteiger partial charge in [-0.2, -0.15) is 0 Å². The fraction of sp³-hybridized carbons (Fsp3) is 0.129. The number of H-pyrrole nitrogens is 3. The van der Waals surface area contributed by atoms with E-state index in [1.165, 1.54) is 24.5 Å². The maximum atomic E-state index is 10.1. The normalized spacial score (nSPS) is 10.5. The maximum Gasteiger partial charge on any atom is 3.00 e. The van der Waals surface area contributed by atoms with E-state index in [9.17, 15) is 9.90 Å². The number of nitrogens with one attached hydrogen (secondary N) is 3. The van der Waals surface area contributed by atoms with E-state index in [1.807, 2.05) is 54.6 Å². The zero-order chi connectivity index (χ0) is 33.8. The van der Waals surface area contributed by atoms with Crippen LogP contribution in [0.2, 0.25) is 0 Å². The summed E-state index contributed by atoms with van der Waals surface area (Å²) in [6.07, 6.45) is 2.82. The monoisotopic (exact) mass is 736 g/mol. The number of pyridine rings is 1. The Hall–Kier alpha value is -4.81. The van der Waals surface area contributed by atoms with Gasteiger partial charge in [0.15, 0.2) is 0 Å². The first-order chi connectivity index (χ1) is 22.6. The number of para-hydroxylation sites is 6. The van der Waals surface area contributed by atoms with Crippen LogP contribution in [-0.2, 0) is 36.1 Å². The molecule has 16 nitrogen and oxygen atoms in total. The van der Waals surface area contributed by atoms with Gasteiger partial charge in [-0.3, -0.25) is 9.88 Å². The van der Waals surface area contributed by atoms with Crippen molar-refractivity contribution >= 4 is 39.1 Å². The molecule has 259 valence electrons. The fourth-order valence-electron chi connectivity index (χ4n) is 4.53. The number of benzene rings is 3. The van der Waals surface area contributed by atoms with Gasteiger partial charge in [0.1, 0.15) is 17.5 Å². The number of fused-ring (bicyclic) bond motifs is 3. The molecule has 1 radical (unpaired) electrons. The molecule has 0 fully saturated rings. The first kappa shape index (κ1) is 40.4. The van der Waals surface area contributed by atoms with Gasteiger partial charge in [0, 0.05) is 25.1 Å². The molecule has 0 atom stereocenters. The average molecular weight is 738 g/mol. The molecule has 0 unspecified atom stereocenters. The molecule has 0 aliphatic carbocycles. The summed E-state index contributed by atoms with van der Waals surface area (Å²) in [4.78, 5) is 40.6. The predicted octanol–water partition coefficient (Wildman–Crippen LogP) is -2.01. The summed E-state index contributed by atoms with van der Waals surface area (Å²) < 4.78 is 34.0. The van der Waals surface area contributed by atoms with Gasteiger partial charge in [0.2, 0.25) is 0 Å². The van der Waals surface area contributed by atoms with E-state index >= 15 is 0 Å². The molecule has 0 aliphatic rings. The van der Waals surface area contributed by atoms with Gasteiger partial charge in [0.05, 0.1) is 58.7 Å². The van der Waals surface area contributed by atoms with Crippen molar-refractivity contribution < 1.29 is 65.9 Å². The Labute approximate surface area is 291 Å². The third kappa shape index (κ3) is 12.6. The van der Waals surface area contributed by atoms with Gasteiger partial charge >= 0.3 is 16.5 Å². The number of hydrogen-bond donors (Lipinski definition) is 4. The number of carboxylic acids is 1. The summed E-state index contributed by atoms with van der Waals surface area (Å²) in [7, 11) is -3.94. The van der Waals surface area contributed by atoms with Crippen molar-refractivity contribution in [1.29, 1.82) is 0 Å². The number of halogens is 1. The van der Waals surface area contributed by atoms with E-state index in [2.05, 4.69) is 43.0 Å². The molecule has 3 aromatic carbocycles. The van der Waals surface area contributed by atoms with Crippen LogP contribution in [0.5, 0.6) is 0 Å². The third-order valence-corrected chi connectivity index (χ3v) is 6.35. The SMILES string of the molecule is CO.O.O=C([O-])c1ccncc1.[Ni+3].[O-][Cl+3]([O-])([O-])[O-].c1ccc2[nH]c(CN(Cc3nc4ccccc4[nH]3)Cc3nc4ccccc4[nH]3)nc2c1. The van der Waals surface area contributed by atoms with E-state index in [1.54, 1.807) is 0 Å². The Bertz CT molecular complexity index is 1730. The molecule has 7 rings (SSSR count). The van der Waals surface area contributed by atoms with E-state index in [0.29, 0.717) is 19.6 Å². The first-order valence-electron chi connectivity index (χ1n) is 13.8. The van der Waals surface area contributed by atoms with E-state index in [-0.39, 0.29) is 27.5 Å². The molecular formula is C31H31ClN8NiO8+. The minimum atomic E-state index is -4.94. The topological polar surface area (TPSA) is 286 Å². The molecule has 7 aromatic rings. The summed E-state index contributed by atoms with van der Waals surface area (Å²) >= 11 is 0. The Balaban J connectivity index is 0.000000390. The second-order valence-corrected chi connectivity index (χ2v) is 10.4. The fourth-order valence-corrected chi connectivity index (χ4v) is 4.53. The van der Waals surface area contributed by atoms with E-state index < -0.39 is 16.2 Å². The number of nitrogens with zero attached hydrogens (tertiary/aromatic N) is 5. The number of aliphatic hydroxyl groups excluding tert-OH is 1. The second kappa shape index (κ2) is 19.3. The molecule has 0 spiro atoms. The molecule has 4 aromatic heterocycles. The largest absolute Gasteiger partial charge is 3.00 e. The van der Waals surface area contributed by atoms with Crippen LogP contribution in [0.1, 0.15) is 27.8 Å². The van der Waals surface area contributed by atoms with Crippen molar-refractivity contribution in [2.75, 3.05) is 7.11 Å². The van der Waals surface area contributed by atoms with Crippen molar-refractivity contribution in [2.45, 2.75) is 19.6 Å². The molecule has 49 heavy (non-hydrogen) atoms. The van der Waals surface area contributed by atoms with Crippen LogP contribution in [0.4, 0.5) is 0 Å². The number of carbonyl (C=O) groups is 1. The van der Waals surface area contributed by atoms with E-state index in [0.717, 1.165) is 57.7 Å². The van der Waals surface area contributed by atoms with Crippen molar-refractivity contribution in [1.82, 2.24) is 39.8 Å². The molecule has 0 amide bonds. The van der Waals surface area contributed by atoms with Gasteiger partial charge < -0.3 is 35.4 Å². The molecule has 0 aliphatic heterocycles. The van der Waals surface area contributed by atoms with Crippen molar-refractivity contribution in [2.24, 2.45) is 0 Å². The molecule has 0 saturated carbocycles. The zero-order valence-electron chi connectivity index (χ0n) is 25.7. The number of aromatic carboxylic acids is 1. The summed E-state index contributed by atoms with van der Waals surface area (Å²) in [5, 5.41) is 17.1. The Morgan fingerprint density at radius 3 is 1.22 bits per heavy atom. The van der Waals surface area contributed by atoms with Crippen molar-refractivity contribution in [3.8, 4) is 0 Å². The number of aromatic nitrogens is 7. The van der Waals surface area contributed by atoms with Crippen LogP contribution in [-0.4, -0.2) is 63.4 Å². The minimum absolute atomic E-state index is 0. The quantitative estimate of drug-likeness (QED) is 0.129. The number of carboxylic acid groups (broad SMARTS) is 1.